The van der Waals surface area contributed by atoms with Crippen LogP contribution in [0.5, 0.6) is 17.2 Å². The van der Waals surface area contributed by atoms with Gasteiger partial charge in [0.1, 0.15) is 17.2 Å². The maximum atomic E-state index is 12.4. The van der Waals surface area contributed by atoms with Crippen LogP contribution >= 0.6 is 0 Å². The van der Waals surface area contributed by atoms with E-state index >= 15 is 0 Å². The number of benzene rings is 2. The maximum absolute atomic E-state index is 12.4. The summed E-state index contributed by atoms with van der Waals surface area (Å²) >= 11 is 0. The lowest BCUT2D eigenvalue weighted by molar-refractivity contribution is 0.0692. The first-order chi connectivity index (χ1) is 12.9. The van der Waals surface area contributed by atoms with Gasteiger partial charge >= 0.3 is 5.97 Å². The Hall–Kier alpha value is -3.22. The van der Waals surface area contributed by atoms with Gasteiger partial charge in [-0.3, -0.25) is 4.79 Å². The third kappa shape index (κ3) is 3.16. The predicted molar refractivity (Wildman–Crippen MR) is 98.1 cm³/mol. The van der Waals surface area contributed by atoms with Gasteiger partial charge in [-0.1, -0.05) is 0 Å². The standard InChI is InChI=1S/C20H21NO6/c1-21-10-14-17(20(23)24)12(9-16(27-4)18(14)19(21)22)7-11-8-13(25-2)5-6-15(11)26-3/h5-6,8-9H,7,10H2,1-4H3,(H,23,24). The van der Waals surface area contributed by atoms with E-state index in [9.17, 15) is 14.7 Å². The van der Waals surface area contributed by atoms with Gasteiger partial charge in [0.25, 0.3) is 5.91 Å². The number of nitrogens with zero attached hydrogens (tertiary/aromatic N) is 1. The molecule has 0 radical (unpaired) electrons. The maximum Gasteiger partial charge on any atom is 0.336 e. The van der Waals surface area contributed by atoms with Crippen LogP contribution in [-0.2, 0) is 13.0 Å². The Balaban J connectivity index is 2.19. The number of aromatic carboxylic acids is 1. The molecule has 2 aromatic rings. The van der Waals surface area contributed by atoms with Crippen molar-refractivity contribution in [2.75, 3.05) is 28.4 Å². The van der Waals surface area contributed by atoms with Crippen LogP contribution in [0, 0.1) is 0 Å². The molecular weight excluding hydrogens is 350 g/mol. The molecule has 0 spiro atoms. The molecule has 1 heterocycles. The molecule has 2 aromatic carbocycles. The van der Waals surface area contributed by atoms with Crippen LogP contribution in [-0.4, -0.2) is 50.3 Å². The van der Waals surface area contributed by atoms with Gasteiger partial charge in [0, 0.05) is 31.1 Å². The predicted octanol–water partition coefficient (Wildman–Crippen LogP) is 2.59. The Labute approximate surface area is 157 Å². The summed E-state index contributed by atoms with van der Waals surface area (Å²) in [6.45, 7) is 0.231. The SMILES string of the molecule is COc1ccc(OC)c(Cc2cc(OC)c3c(c2C(=O)O)CN(C)C3=O)c1. The number of carboxylic acid groups (broad SMARTS) is 1. The summed E-state index contributed by atoms with van der Waals surface area (Å²) in [5.41, 5.74) is 2.25. The number of fused-ring (bicyclic) bond motifs is 1. The molecule has 0 saturated carbocycles. The van der Waals surface area contributed by atoms with Crippen LogP contribution in [0.25, 0.3) is 0 Å². The normalized spacial score (nSPS) is 12.7. The van der Waals surface area contributed by atoms with Gasteiger partial charge in [0.05, 0.1) is 32.5 Å². The average molecular weight is 371 g/mol. The number of carbonyl (C=O) groups excluding carboxylic acids is 1. The fourth-order valence-corrected chi connectivity index (χ4v) is 3.45. The van der Waals surface area contributed by atoms with Crippen LogP contribution in [0.2, 0.25) is 0 Å². The third-order valence-corrected chi connectivity index (χ3v) is 4.73. The number of ether oxygens (including phenoxy) is 3. The molecule has 0 unspecified atom stereocenters. The molecule has 7 heteroatoms. The first kappa shape index (κ1) is 18.6. The second kappa shape index (κ2) is 7.19. The Kier molecular flexibility index (Phi) is 4.94. The summed E-state index contributed by atoms with van der Waals surface area (Å²) in [7, 11) is 6.23. The van der Waals surface area contributed by atoms with Crippen molar-refractivity contribution in [3.05, 3.63) is 52.1 Å². The van der Waals surface area contributed by atoms with E-state index in [0.717, 1.165) is 5.56 Å². The molecular formula is C20H21NO6. The van der Waals surface area contributed by atoms with Crippen molar-refractivity contribution in [3.63, 3.8) is 0 Å². The topological polar surface area (TPSA) is 85.3 Å². The number of hydrogen-bond donors (Lipinski definition) is 1. The van der Waals surface area contributed by atoms with Crippen molar-refractivity contribution in [1.29, 1.82) is 0 Å². The van der Waals surface area contributed by atoms with E-state index in [1.54, 1.807) is 45.5 Å². The summed E-state index contributed by atoms with van der Waals surface area (Å²) in [6, 6.07) is 6.98. The molecule has 0 fully saturated rings. The van der Waals surface area contributed by atoms with Crippen molar-refractivity contribution < 1.29 is 28.9 Å². The van der Waals surface area contributed by atoms with Crippen LogP contribution in [0.15, 0.2) is 24.3 Å². The van der Waals surface area contributed by atoms with Crippen molar-refractivity contribution in [2.24, 2.45) is 0 Å². The summed E-state index contributed by atoms with van der Waals surface area (Å²) in [5.74, 6) is 0.329. The molecule has 1 amide bonds. The smallest absolute Gasteiger partial charge is 0.336 e. The lowest BCUT2D eigenvalue weighted by Crippen LogP contribution is -2.17. The van der Waals surface area contributed by atoms with Gasteiger partial charge in [-0.05, 0) is 29.8 Å². The van der Waals surface area contributed by atoms with Gasteiger partial charge in [-0.15, -0.1) is 0 Å². The minimum absolute atomic E-state index is 0.133. The van der Waals surface area contributed by atoms with Gasteiger partial charge in [0.2, 0.25) is 0 Å². The molecule has 1 aliphatic rings. The van der Waals surface area contributed by atoms with E-state index in [2.05, 4.69) is 0 Å². The van der Waals surface area contributed by atoms with Gasteiger partial charge < -0.3 is 24.2 Å². The summed E-state index contributed by atoms with van der Waals surface area (Å²) in [4.78, 5) is 25.9. The molecule has 0 aliphatic carbocycles. The first-order valence-electron chi connectivity index (χ1n) is 8.33. The van der Waals surface area contributed by atoms with Gasteiger partial charge in [-0.2, -0.15) is 0 Å². The number of methoxy groups -OCH3 is 3. The number of amides is 1. The fourth-order valence-electron chi connectivity index (χ4n) is 3.45. The van der Waals surface area contributed by atoms with Crippen molar-refractivity contribution in [2.45, 2.75) is 13.0 Å². The molecule has 0 aromatic heterocycles. The highest BCUT2D eigenvalue weighted by molar-refractivity contribution is 6.05. The van der Waals surface area contributed by atoms with Crippen molar-refractivity contribution in [3.8, 4) is 17.2 Å². The molecule has 0 bridgehead atoms. The number of carboxylic acids is 1. The highest BCUT2D eigenvalue weighted by Crippen LogP contribution is 2.37. The van der Waals surface area contributed by atoms with E-state index < -0.39 is 5.97 Å². The van der Waals surface area contributed by atoms with E-state index in [-0.39, 0.29) is 18.0 Å². The molecule has 142 valence electrons. The zero-order valence-electron chi connectivity index (χ0n) is 15.7. The molecule has 1 aliphatic heterocycles. The number of hydrogen-bond acceptors (Lipinski definition) is 5. The first-order valence-corrected chi connectivity index (χ1v) is 8.33. The Morgan fingerprint density at radius 1 is 1.07 bits per heavy atom. The third-order valence-electron chi connectivity index (χ3n) is 4.73. The van der Waals surface area contributed by atoms with Crippen LogP contribution in [0.1, 0.15) is 37.4 Å². The van der Waals surface area contributed by atoms with E-state index in [1.165, 1.54) is 12.0 Å². The minimum Gasteiger partial charge on any atom is -0.497 e. The minimum atomic E-state index is -1.08. The van der Waals surface area contributed by atoms with Crippen LogP contribution in [0.3, 0.4) is 0 Å². The lowest BCUT2D eigenvalue weighted by Gasteiger charge is -2.16. The summed E-state index contributed by atoms with van der Waals surface area (Å²) in [6.07, 6.45) is 0.295. The van der Waals surface area contributed by atoms with Gasteiger partial charge in [-0.25, -0.2) is 4.79 Å². The second-order valence-electron chi connectivity index (χ2n) is 6.29. The average Bonchev–Trinajstić information content (AvgIpc) is 2.95. The van der Waals surface area contributed by atoms with Crippen LogP contribution < -0.4 is 14.2 Å². The molecule has 0 saturated heterocycles. The highest BCUT2D eigenvalue weighted by atomic mass is 16.5. The van der Waals surface area contributed by atoms with Crippen LogP contribution in [0.4, 0.5) is 0 Å². The molecule has 0 atom stereocenters. The highest BCUT2D eigenvalue weighted by Gasteiger charge is 2.34. The molecule has 1 N–H and O–H groups in total. The van der Waals surface area contributed by atoms with Crippen molar-refractivity contribution >= 4 is 11.9 Å². The van der Waals surface area contributed by atoms with E-state index in [0.29, 0.717) is 40.4 Å². The molecule has 7 nitrogen and oxygen atoms in total. The van der Waals surface area contributed by atoms with Crippen molar-refractivity contribution in [1.82, 2.24) is 4.90 Å². The summed E-state index contributed by atoms with van der Waals surface area (Å²) in [5, 5.41) is 9.84. The molecule has 27 heavy (non-hydrogen) atoms. The number of rotatable bonds is 6. The van der Waals surface area contributed by atoms with E-state index in [4.69, 9.17) is 14.2 Å². The zero-order chi connectivity index (χ0) is 19.7. The summed E-state index contributed by atoms with van der Waals surface area (Å²) < 4.78 is 16.1. The Morgan fingerprint density at radius 3 is 2.37 bits per heavy atom. The Morgan fingerprint density at radius 2 is 1.78 bits per heavy atom. The quantitative estimate of drug-likeness (QED) is 0.840. The Bertz CT molecular complexity index is 921. The zero-order valence-corrected chi connectivity index (χ0v) is 15.7. The lowest BCUT2D eigenvalue weighted by atomic mass is 9.92. The molecule has 3 rings (SSSR count). The largest absolute Gasteiger partial charge is 0.497 e. The number of carbonyl (C=O) groups is 2. The van der Waals surface area contributed by atoms with E-state index in [1.807, 2.05) is 0 Å². The van der Waals surface area contributed by atoms with Gasteiger partial charge in [0.15, 0.2) is 0 Å². The fraction of sp³-hybridized carbons (Fsp3) is 0.300. The second-order valence-corrected chi connectivity index (χ2v) is 6.29. The monoisotopic (exact) mass is 371 g/mol.